The minimum Gasteiger partial charge on any atom is -0.460 e. The number of likely N-dealkylation sites (tertiary alicyclic amines) is 1. The molecule has 1 amide bonds. The van der Waals surface area contributed by atoms with Gasteiger partial charge < -0.3 is 18.3 Å². The molecule has 1 fully saturated rings. The van der Waals surface area contributed by atoms with Crippen LogP contribution in [0.4, 0.5) is 0 Å². The Balaban J connectivity index is 1.37. The molecule has 0 aliphatic carbocycles. The highest BCUT2D eigenvalue weighted by atomic mass is 16.4. The quantitative estimate of drug-likeness (QED) is 0.410. The lowest BCUT2D eigenvalue weighted by molar-refractivity contribution is -0.133. The third-order valence-electron chi connectivity index (χ3n) is 8.04. The molecule has 3 aromatic heterocycles. The topological polar surface area (TPSA) is 85.7 Å². The van der Waals surface area contributed by atoms with Crippen LogP contribution in [-0.2, 0) is 17.8 Å². The van der Waals surface area contributed by atoms with Gasteiger partial charge in [0, 0.05) is 42.7 Å². The summed E-state index contributed by atoms with van der Waals surface area (Å²) in [6.07, 6.45) is 0.956. The van der Waals surface area contributed by atoms with Crippen molar-refractivity contribution in [2.75, 3.05) is 13.1 Å². The van der Waals surface area contributed by atoms with E-state index < -0.39 is 5.63 Å². The molecule has 2 aliphatic rings. The molecule has 6 rings (SSSR count). The van der Waals surface area contributed by atoms with Gasteiger partial charge in [-0.15, -0.1) is 0 Å². The highest BCUT2D eigenvalue weighted by molar-refractivity contribution is 6.07. The molecule has 35 heavy (non-hydrogen) atoms. The van der Waals surface area contributed by atoms with Crippen LogP contribution in [0.1, 0.15) is 46.0 Å². The molecule has 0 spiro atoms. The number of aromatic nitrogens is 1. The molecule has 7 heteroatoms. The summed E-state index contributed by atoms with van der Waals surface area (Å²) in [5, 5.41) is 1.79. The average molecular weight is 473 g/mol. The van der Waals surface area contributed by atoms with E-state index in [9.17, 15) is 14.4 Å². The van der Waals surface area contributed by atoms with Crippen molar-refractivity contribution in [3.05, 3.63) is 78.7 Å². The van der Waals surface area contributed by atoms with Gasteiger partial charge in [-0.1, -0.05) is 6.07 Å². The molecular weight excluding hydrogens is 444 g/mol. The minimum absolute atomic E-state index is 0.0147. The molecule has 2 bridgehead atoms. The van der Waals surface area contributed by atoms with Crippen LogP contribution in [0, 0.1) is 33.6 Å². The third-order valence-corrected chi connectivity index (χ3v) is 8.04. The van der Waals surface area contributed by atoms with Gasteiger partial charge in [0.2, 0.25) is 5.91 Å². The van der Waals surface area contributed by atoms with E-state index in [1.54, 1.807) is 12.1 Å². The van der Waals surface area contributed by atoms with Crippen LogP contribution in [0.15, 0.2) is 42.7 Å². The standard InChI is InChI=1S/C28H28N2O5/c1-14-8-22-26(27-25(14)15(2)17(4)34-27)16(3)20(28(33)35-22)10-24(32)29-11-18-9-19(13-29)21-6-5-7-23(31)30(21)12-18/h5-8,18-19H,9-13H2,1-4H3/t18-,19-/m0/s1. The molecule has 1 aromatic carbocycles. The van der Waals surface area contributed by atoms with E-state index in [2.05, 4.69) is 0 Å². The predicted molar refractivity (Wildman–Crippen MR) is 133 cm³/mol. The molecule has 2 aliphatic heterocycles. The Morgan fingerprint density at radius 3 is 2.60 bits per heavy atom. The monoisotopic (exact) mass is 472 g/mol. The summed E-state index contributed by atoms with van der Waals surface area (Å²) in [6.45, 7) is 9.58. The van der Waals surface area contributed by atoms with Gasteiger partial charge in [-0.3, -0.25) is 9.59 Å². The Morgan fingerprint density at radius 2 is 1.80 bits per heavy atom. The summed E-state index contributed by atoms with van der Waals surface area (Å²) in [6, 6.07) is 7.25. The first-order valence-corrected chi connectivity index (χ1v) is 12.2. The number of hydrogen-bond acceptors (Lipinski definition) is 5. The Labute approximate surface area is 201 Å². The molecule has 0 saturated carbocycles. The Kier molecular flexibility index (Phi) is 4.82. The first kappa shape index (κ1) is 21.9. The summed E-state index contributed by atoms with van der Waals surface area (Å²) in [7, 11) is 0. The van der Waals surface area contributed by atoms with Crippen molar-refractivity contribution in [2.24, 2.45) is 5.92 Å². The van der Waals surface area contributed by atoms with Crippen molar-refractivity contribution >= 4 is 27.8 Å². The molecule has 0 N–H and O–H groups in total. The molecule has 4 aromatic rings. The third kappa shape index (κ3) is 3.28. The fourth-order valence-electron chi connectivity index (χ4n) is 6.20. The number of benzene rings is 1. The van der Waals surface area contributed by atoms with Crippen molar-refractivity contribution in [1.29, 1.82) is 0 Å². The number of pyridine rings is 1. The number of piperidine rings is 1. The van der Waals surface area contributed by atoms with Crippen LogP contribution in [0.5, 0.6) is 0 Å². The first-order valence-electron chi connectivity index (χ1n) is 12.2. The Hall–Kier alpha value is -3.61. The fourth-order valence-corrected chi connectivity index (χ4v) is 6.20. The van der Waals surface area contributed by atoms with Crippen LogP contribution in [0.25, 0.3) is 21.9 Å². The maximum absolute atomic E-state index is 13.4. The number of fused-ring (bicyclic) bond motifs is 7. The largest absolute Gasteiger partial charge is 0.460 e. The second kappa shape index (κ2) is 7.70. The highest BCUT2D eigenvalue weighted by Crippen LogP contribution is 2.37. The summed E-state index contributed by atoms with van der Waals surface area (Å²) in [4.78, 5) is 40.6. The Bertz CT molecular complexity index is 1650. The van der Waals surface area contributed by atoms with Crippen LogP contribution < -0.4 is 11.2 Å². The van der Waals surface area contributed by atoms with Crippen LogP contribution in [0.3, 0.4) is 0 Å². The first-order chi connectivity index (χ1) is 16.7. The highest BCUT2D eigenvalue weighted by Gasteiger charge is 2.36. The number of carbonyl (C=O) groups excluding carboxylic acids is 1. The van der Waals surface area contributed by atoms with E-state index >= 15 is 0 Å². The number of aryl methyl sites for hydroxylation is 4. The van der Waals surface area contributed by atoms with Crippen molar-refractivity contribution in [3.8, 4) is 0 Å². The molecule has 2 atom stereocenters. The maximum atomic E-state index is 13.4. The SMILES string of the molecule is Cc1oc2c(c(C)cc3oc(=O)c(CC(=O)N4C[C@@H]5C[C@@H](C4)c4cccc(=O)n4C5)c(C)c32)c1C. The van der Waals surface area contributed by atoms with Crippen molar-refractivity contribution in [3.63, 3.8) is 0 Å². The van der Waals surface area contributed by atoms with E-state index in [-0.39, 0.29) is 29.7 Å². The smallest absolute Gasteiger partial charge is 0.340 e. The predicted octanol–water partition coefficient (Wildman–Crippen LogP) is 4.12. The summed E-state index contributed by atoms with van der Waals surface area (Å²) in [5.74, 6) is 1.11. The second-order valence-corrected chi connectivity index (χ2v) is 10.2. The number of rotatable bonds is 2. The Morgan fingerprint density at radius 1 is 1.00 bits per heavy atom. The lowest BCUT2D eigenvalue weighted by atomic mass is 9.83. The van der Waals surface area contributed by atoms with E-state index in [4.69, 9.17) is 8.83 Å². The van der Waals surface area contributed by atoms with E-state index in [1.165, 1.54) is 0 Å². The number of nitrogens with zero attached hydrogens (tertiary/aromatic N) is 2. The molecule has 1 saturated heterocycles. The second-order valence-electron chi connectivity index (χ2n) is 10.2. The fraction of sp³-hybridized carbons (Fsp3) is 0.393. The normalized spacial score (nSPS) is 19.4. The van der Waals surface area contributed by atoms with Gasteiger partial charge in [-0.05, 0) is 68.9 Å². The van der Waals surface area contributed by atoms with Gasteiger partial charge in [0.25, 0.3) is 5.56 Å². The van der Waals surface area contributed by atoms with Gasteiger partial charge in [0.1, 0.15) is 16.9 Å². The molecule has 0 radical (unpaired) electrons. The van der Waals surface area contributed by atoms with Gasteiger partial charge >= 0.3 is 5.63 Å². The van der Waals surface area contributed by atoms with Gasteiger partial charge in [0.15, 0.2) is 0 Å². The lowest BCUT2D eigenvalue weighted by Gasteiger charge is -2.42. The summed E-state index contributed by atoms with van der Waals surface area (Å²) < 4.78 is 13.7. The zero-order valence-corrected chi connectivity index (χ0v) is 20.4. The zero-order valence-electron chi connectivity index (χ0n) is 20.4. The van der Waals surface area contributed by atoms with Crippen molar-refractivity contribution in [2.45, 2.75) is 53.0 Å². The molecule has 5 heterocycles. The number of amides is 1. The van der Waals surface area contributed by atoms with Crippen LogP contribution in [-0.4, -0.2) is 28.5 Å². The van der Waals surface area contributed by atoms with Crippen molar-refractivity contribution in [1.82, 2.24) is 9.47 Å². The maximum Gasteiger partial charge on any atom is 0.340 e. The molecular formula is C28H28N2O5. The summed E-state index contributed by atoms with van der Waals surface area (Å²) in [5.41, 5.74) is 4.91. The van der Waals surface area contributed by atoms with Crippen molar-refractivity contribution < 1.29 is 13.6 Å². The van der Waals surface area contributed by atoms with E-state index in [0.29, 0.717) is 36.4 Å². The van der Waals surface area contributed by atoms with Gasteiger partial charge in [-0.25, -0.2) is 4.79 Å². The molecule has 0 unspecified atom stereocenters. The number of furan rings is 1. The molecule has 180 valence electrons. The van der Waals surface area contributed by atoms with Gasteiger partial charge in [-0.2, -0.15) is 0 Å². The van der Waals surface area contributed by atoms with Crippen LogP contribution in [0.2, 0.25) is 0 Å². The molecule has 7 nitrogen and oxygen atoms in total. The average Bonchev–Trinajstić information content (AvgIpc) is 3.11. The lowest BCUT2D eigenvalue weighted by Crippen LogP contribution is -2.49. The minimum atomic E-state index is -0.476. The number of hydrogen-bond donors (Lipinski definition) is 0. The van der Waals surface area contributed by atoms with E-state index in [0.717, 1.165) is 45.3 Å². The van der Waals surface area contributed by atoms with Gasteiger partial charge in [0.05, 0.1) is 17.4 Å². The summed E-state index contributed by atoms with van der Waals surface area (Å²) >= 11 is 0. The van der Waals surface area contributed by atoms with Crippen LogP contribution >= 0.6 is 0 Å². The zero-order chi connectivity index (χ0) is 24.6. The number of carbonyl (C=O) groups is 1. The van der Waals surface area contributed by atoms with E-state index in [1.807, 2.05) is 49.3 Å².